The van der Waals surface area contributed by atoms with E-state index in [-0.39, 0.29) is 5.63 Å². The van der Waals surface area contributed by atoms with Crippen molar-refractivity contribution in [2.75, 3.05) is 0 Å². The maximum absolute atomic E-state index is 11.8. The summed E-state index contributed by atoms with van der Waals surface area (Å²) in [6.07, 6.45) is 0.557. The Kier molecular flexibility index (Phi) is 2.10. The zero-order valence-electron chi connectivity index (χ0n) is 8.62. The molecule has 2 nitrogen and oxygen atoms in total. The van der Waals surface area contributed by atoms with Gasteiger partial charge < -0.3 is 4.42 Å². The van der Waals surface area contributed by atoms with Gasteiger partial charge in [-0.3, -0.25) is 0 Å². The van der Waals surface area contributed by atoms with Gasteiger partial charge in [0.1, 0.15) is 5.58 Å². The fourth-order valence-corrected chi connectivity index (χ4v) is 3.56. The van der Waals surface area contributed by atoms with Crippen LogP contribution in [0.15, 0.2) is 38.4 Å². The SMILES string of the molecule is CC1(Cl)Cc2c(c3ccccc3oc2=O)S1. The van der Waals surface area contributed by atoms with Crippen LogP contribution >= 0.6 is 23.4 Å². The predicted molar refractivity (Wildman–Crippen MR) is 66.3 cm³/mol. The fraction of sp³-hybridized carbons (Fsp3) is 0.250. The van der Waals surface area contributed by atoms with Crippen molar-refractivity contribution in [2.24, 2.45) is 0 Å². The summed E-state index contributed by atoms with van der Waals surface area (Å²) in [5, 5.41) is 0.978. The molecule has 1 aromatic carbocycles. The molecule has 1 unspecified atom stereocenters. The number of halogens is 1. The summed E-state index contributed by atoms with van der Waals surface area (Å²) in [7, 11) is 0. The van der Waals surface area contributed by atoms with E-state index in [1.54, 1.807) is 11.8 Å². The minimum Gasteiger partial charge on any atom is -0.422 e. The minimum absolute atomic E-state index is 0.259. The van der Waals surface area contributed by atoms with Gasteiger partial charge in [0.15, 0.2) is 0 Å². The second kappa shape index (κ2) is 3.28. The number of thioether (sulfide) groups is 1. The van der Waals surface area contributed by atoms with E-state index in [2.05, 4.69) is 0 Å². The standard InChI is InChI=1S/C12H9ClO2S/c1-12(13)6-8-10(16-12)7-4-2-3-5-9(7)15-11(8)14/h2-5H,6H2,1H3. The summed E-state index contributed by atoms with van der Waals surface area (Å²) in [5.74, 6) is 0. The molecule has 0 fully saturated rings. The molecule has 0 aliphatic carbocycles. The number of hydrogen-bond acceptors (Lipinski definition) is 3. The first-order chi connectivity index (χ1) is 7.57. The van der Waals surface area contributed by atoms with Gasteiger partial charge in [-0.05, 0) is 13.0 Å². The van der Waals surface area contributed by atoms with Gasteiger partial charge in [-0.15, -0.1) is 23.4 Å². The number of hydrogen-bond donors (Lipinski definition) is 0. The monoisotopic (exact) mass is 252 g/mol. The number of alkyl halides is 1. The van der Waals surface area contributed by atoms with E-state index in [0.717, 1.165) is 10.3 Å². The molecule has 0 amide bonds. The van der Waals surface area contributed by atoms with Crippen LogP contribution in [0.3, 0.4) is 0 Å². The minimum atomic E-state index is -0.429. The third-order valence-corrected chi connectivity index (χ3v) is 4.27. The summed E-state index contributed by atoms with van der Waals surface area (Å²) in [4.78, 5) is 12.8. The van der Waals surface area contributed by atoms with Gasteiger partial charge in [0.25, 0.3) is 0 Å². The van der Waals surface area contributed by atoms with E-state index in [0.29, 0.717) is 17.6 Å². The Morgan fingerprint density at radius 2 is 2.19 bits per heavy atom. The van der Waals surface area contributed by atoms with Gasteiger partial charge in [-0.2, -0.15) is 0 Å². The molecule has 0 bridgehead atoms. The van der Waals surface area contributed by atoms with E-state index in [1.807, 2.05) is 31.2 Å². The summed E-state index contributed by atoms with van der Waals surface area (Å²) >= 11 is 7.83. The van der Waals surface area contributed by atoms with Crippen molar-refractivity contribution < 1.29 is 4.42 Å². The quantitative estimate of drug-likeness (QED) is 0.532. The second-order valence-electron chi connectivity index (χ2n) is 4.07. The number of para-hydroxylation sites is 1. The molecule has 0 radical (unpaired) electrons. The summed E-state index contributed by atoms with van der Waals surface area (Å²) in [5.41, 5.74) is 1.08. The first-order valence-electron chi connectivity index (χ1n) is 4.99. The van der Waals surface area contributed by atoms with E-state index < -0.39 is 4.21 Å². The van der Waals surface area contributed by atoms with Crippen LogP contribution < -0.4 is 5.63 Å². The third kappa shape index (κ3) is 1.46. The Morgan fingerprint density at radius 3 is 3.00 bits per heavy atom. The van der Waals surface area contributed by atoms with Gasteiger partial charge in [-0.25, -0.2) is 4.79 Å². The normalized spacial score (nSPS) is 23.6. The lowest BCUT2D eigenvalue weighted by Gasteiger charge is -2.10. The maximum Gasteiger partial charge on any atom is 0.340 e. The molecule has 0 N–H and O–H groups in total. The average molecular weight is 253 g/mol. The van der Waals surface area contributed by atoms with Crippen LogP contribution in [-0.2, 0) is 6.42 Å². The highest BCUT2D eigenvalue weighted by Crippen LogP contribution is 2.48. The first-order valence-corrected chi connectivity index (χ1v) is 6.19. The zero-order chi connectivity index (χ0) is 11.3. The average Bonchev–Trinajstić information content (AvgIpc) is 2.55. The van der Waals surface area contributed by atoms with Crippen molar-refractivity contribution in [3.63, 3.8) is 0 Å². The van der Waals surface area contributed by atoms with E-state index in [1.165, 1.54) is 0 Å². The largest absolute Gasteiger partial charge is 0.422 e. The lowest BCUT2D eigenvalue weighted by Crippen LogP contribution is -2.13. The Hall–Kier alpha value is -0.930. The second-order valence-corrected chi connectivity index (χ2v) is 6.65. The van der Waals surface area contributed by atoms with Crippen LogP contribution in [0, 0.1) is 0 Å². The van der Waals surface area contributed by atoms with Crippen LogP contribution in [0.2, 0.25) is 0 Å². The van der Waals surface area contributed by atoms with Crippen molar-refractivity contribution >= 4 is 34.3 Å². The van der Waals surface area contributed by atoms with Crippen LogP contribution in [0.25, 0.3) is 11.0 Å². The topological polar surface area (TPSA) is 30.2 Å². The number of benzene rings is 1. The predicted octanol–water partition coefficient (Wildman–Crippen LogP) is 3.40. The van der Waals surface area contributed by atoms with Gasteiger partial charge in [-0.1, -0.05) is 18.2 Å². The van der Waals surface area contributed by atoms with Crippen LogP contribution in [0.4, 0.5) is 0 Å². The molecular weight excluding hydrogens is 244 g/mol. The third-order valence-electron chi connectivity index (χ3n) is 2.66. The molecule has 3 rings (SSSR count). The molecule has 0 saturated heterocycles. The smallest absolute Gasteiger partial charge is 0.340 e. The highest BCUT2D eigenvalue weighted by Gasteiger charge is 2.35. The van der Waals surface area contributed by atoms with Crippen LogP contribution in [-0.4, -0.2) is 4.21 Å². The van der Waals surface area contributed by atoms with E-state index in [9.17, 15) is 4.79 Å². The molecule has 2 heterocycles. The molecule has 1 atom stereocenters. The zero-order valence-corrected chi connectivity index (χ0v) is 10.2. The summed E-state index contributed by atoms with van der Waals surface area (Å²) < 4.78 is 4.84. The summed E-state index contributed by atoms with van der Waals surface area (Å²) in [6.45, 7) is 1.92. The van der Waals surface area contributed by atoms with Gasteiger partial charge >= 0.3 is 5.63 Å². The number of fused-ring (bicyclic) bond motifs is 3. The molecule has 2 aromatic rings. The van der Waals surface area contributed by atoms with Crippen LogP contribution in [0.5, 0.6) is 0 Å². The van der Waals surface area contributed by atoms with Crippen molar-refractivity contribution in [2.45, 2.75) is 22.4 Å². The highest BCUT2D eigenvalue weighted by molar-refractivity contribution is 8.02. The Bertz CT molecular complexity index is 630. The Labute approximate surface area is 102 Å². The lowest BCUT2D eigenvalue weighted by molar-refractivity contribution is 0.545. The molecule has 1 aliphatic rings. The van der Waals surface area contributed by atoms with E-state index in [4.69, 9.17) is 16.0 Å². The molecule has 1 aromatic heterocycles. The van der Waals surface area contributed by atoms with Crippen molar-refractivity contribution in [3.05, 3.63) is 40.2 Å². The molecule has 82 valence electrons. The summed E-state index contributed by atoms with van der Waals surface area (Å²) in [6, 6.07) is 7.56. The fourth-order valence-electron chi connectivity index (χ4n) is 1.99. The molecule has 4 heteroatoms. The molecule has 0 saturated carbocycles. The van der Waals surface area contributed by atoms with Crippen molar-refractivity contribution in [1.82, 2.24) is 0 Å². The van der Waals surface area contributed by atoms with Crippen molar-refractivity contribution in [1.29, 1.82) is 0 Å². The van der Waals surface area contributed by atoms with Crippen molar-refractivity contribution in [3.8, 4) is 0 Å². The molecule has 1 aliphatic heterocycles. The Balaban J connectivity index is 2.40. The van der Waals surface area contributed by atoms with Gasteiger partial charge in [0.2, 0.25) is 0 Å². The molecular formula is C12H9ClO2S. The molecule has 16 heavy (non-hydrogen) atoms. The first kappa shape index (κ1) is 10.2. The number of rotatable bonds is 0. The molecule has 0 spiro atoms. The van der Waals surface area contributed by atoms with Gasteiger partial charge in [0, 0.05) is 16.7 Å². The van der Waals surface area contributed by atoms with Crippen LogP contribution in [0.1, 0.15) is 12.5 Å². The highest BCUT2D eigenvalue weighted by atomic mass is 35.5. The van der Waals surface area contributed by atoms with E-state index >= 15 is 0 Å². The Morgan fingerprint density at radius 1 is 1.44 bits per heavy atom. The maximum atomic E-state index is 11.8. The lowest BCUT2D eigenvalue weighted by atomic mass is 10.1. The van der Waals surface area contributed by atoms with Gasteiger partial charge in [0.05, 0.1) is 9.77 Å².